The molecule has 18 heavy (non-hydrogen) atoms. The van der Waals surface area contributed by atoms with Crippen LogP contribution in [0, 0.1) is 0 Å². The topological polar surface area (TPSA) is 35.2 Å². The van der Waals surface area contributed by atoms with Gasteiger partial charge in [0.15, 0.2) is 0 Å². The molecule has 0 radical (unpaired) electrons. The van der Waals surface area contributed by atoms with Gasteiger partial charge in [0, 0.05) is 15.6 Å². The number of hydrogen-bond acceptors (Lipinski definition) is 2. The summed E-state index contributed by atoms with van der Waals surface area (Å²) in [7, 11) is 1.61. The maximum Gasteiger partial charge on any atom is 0.124 e. The Labute approximate surface area is 116 Å². The highest BCUT2D eigenvalue weighted by molar-refractivity contribution is 6.30. The molecule has 0 heterocycles. The van der Waals surface area contributed by atoms with Crippen molar-refractivity contribution >= 4 is 23.2 Å². The Kier molecular flexibility index (Phi) is 4.12. The summed E-state index contributed by atoms with van der Waals surface area (Å²) in [4.78, 5) is 0. The maximum atomic E-state index is 6.23. The molecule has 0 spiro atoms. The number of hydrogen-bond donors (Lipinski definition) is 1. The van der Waals surface area contributed by atoms with Gasteiger partial charge in [-0.05, 0) is 35.9 Å². The van der Waals surface area contributed by atoms with Crippen LogP contribution in [0.25, 0.3) is 0 Å². The second-order valence-corrected chi connectivity index (χ2v) is 4.79. The summed E-state index contributed by atoms with van der Waals surface area (Å²) >= 11 is 11.9. The molecule has 0 aliphatic rings. The number of rotatable bonds is 3. The molecule has 4 heteroatoms. The van der Waals surface area contributed by atoms with Crippen molar-refractivity contribution < 1.29 is 4.74 Å². The number of nitrogens with two attached hydrogens (primary N) is 1. The van der Waals surface area contributed by atoms with Gasteiger partial charge in [-0.1, -0.05) is 35.3 Å². The SMILES string of the molecule is COc1ccc(Cl)cc1C(N)c1ccc(Cl)cc1. The quantitative estimate of drug-likeness (QED) is 0.921. The molecule has 2 aromatic carbocycles. The van der Waals surface area contributed by atoms with Crippen LogP contribution < -0.4 is 10.5 Å². The van der Waals surface area contributed by atoms with Gasteiger partial charge in [-0.3, -0.25) is 0 Å². The van der Waals surface area contributed by atoms with Gasteiger partial charge in [0.2, 0.25) is 0 Å². The van der Waals surface area contributed by atoms with Crippen LogP contribution >= 0.6 is 23.2 Å². The van der Waals surface area contributed by atoms with Gasteiger partial charge >= 0.3 is 0 Å². The molecule has 0 aliphatic heterocycles. The Morgan fingerprint density at radius 2 is 1.61 bits per heavy atom. The van der Waals surface area contributed by atoms with E-state index in [-0.39, 0.29) is 6.04 Å². The normalized spacial score (nSPS) is 12.2. The van der Waals surface area contributed by atoms with Crippen LogP contribution in [0.3, 0.4) is 0 Å². The van der Waals surface area contributed by atoms with Crippen LogP contribution in [-0.2, 0) is 0 Å². The summed E-state index contributed by atoms with van der Waals surface area (Å²) in [6.45, 7) is 0. The Morgan fingerprint density at radius 3 is 2.22 bits per heavy atom. The minimum absolute atomic E-state index is 0.295. The lowest BCUT2D eigenvalue weighted by molar-refractivity contribution is 0.408. The average Bonchev–Trinajstić information content (AvgIpc) is 2.39. The van der Waals surface area contributed by atoms with Gasteiger partial charge in [-0.25, -0.2) is 0 Å². The molecule has 2 nitrogen and oxygen atoms in total. The molecule has 2 rings (SSSR count). The van der Waals surface area contributed by atoms with Gasteiger partial charge in [0.25, 0.3) is 0 Å². The molecule has 0 aromatic heterocycles. The molecule has 0 amide bonds. The van der Waals surface area contributed by atoms with Crippen LogP contribution in [0.15, 0.2) is 42.5 Å². The van der Waals surface area contributed by atoms with Crippen LogP contribution in [0.5, 0.6) is 5.75 Å². The molecule has 2 N–H and O–H groups in total. The van der Waals surface area contributed by atoms with Crippen molar-refractivity contribution in [3.8, 4) is 5.75 Å². The minimum Gasteiger partial charge on any atom is -0.496 e. The standard InChI is InChI=1S/C14H13Cl2NO/c1-18-13-7-6-11(16)8-12(13)14(17)9-2-4-10(15)5-3-9/h2-8,14H,17H2,1H3. The number of ether oxygens (including phenoxy) is 1. The van der Waals surface area contributed by atoms with Gasteiger partial charge in [0.05, 0.1) is 13.2 Å². The third-order valence-corrected chi connectivity index (χ3v) is 3.24. The molecule has 2 aromatic rings. The van der Waals surface area contributed by atoms with Gasteiger partial charge in [-0.15, -0.1) is 0 Å². The smallest absolute Gasteiger partial charge is 0.124 e. The third-order valence-electron chi connectivity index (χ3n) is 2.76. The lowest BCUT2D eigenvalue weighted by Crippen LogP contribution is -2.13. The molecule has 1 atom stereocenters. The van der Waals surface area contributed by atoms with Crippen LogP contribution in [0.2, 0.25) is 10.0 Å². The summed E-state index contributed by atoms with van der Waals surface area (Å²) in [5, 5.41) is 1.32. The summed E-state index contributed by atoms with van der Waals surface area (Å²) in [6.07, 6.45) is 0. The van der Waals surface area contributed by atoms with Crippen molar-refractivity contribution in [2.75, 3.05) is 7.11 Å². The fraction of sp³-hybridized carbons (Fsp3) is 0.143. The Bertz CT molecular complexity index is 540. The van der Waals surface area contributed by atoms with Gasteiger partial charge in [0.1, 0.15) is 5.75 Å². The van der Waals surface area contributed by atoms with Crippen LogP contribution in [-0.4, -0.2) is 7.11 Å². The number of benzene rings is 2. The van der Waals surface area contributed by atoms with E-state index in [2.05, 4.69) is 0 Å². The van der Waals surface area contributed by atoms with E-state index in [1.54, 1.807) is 13.2 Å². The summed E-state index contributed by atoms with van der Waals surface area (Å²) in [6, 6.07) is 12.5. The predicted octanol–water partition coefficient (Wildman–Crippen LogP) is 4.05. The average molecular weight is 282 g/mol. The predicted molar refractivity (Wildman–Crippen MR) is 75.5 cm³/mol. The Hall–Kier alpha value is -1.22. The first-order valence-corrected chi connectivity index (χ1v) is 6.22. The zero-order valence-corrected chi connectivity index (χ0v) is 11.4. The molecule has 94 valence electrons. The summed E-state index contributed by atoms with van der Waals surface area (Å²) < 4.78 is 5.30. The monoisotopic (exact) mass is 281 g/mol. The van der Waals surface area contributed by atoms with E-state index in [0.29, 0.717) is 10.0 Å². The van der Waals surface area contributed by atoms with E-state index in [4.69, 9.17) is 33.7 Å². The minimum atomic E-state index is -0.295. The van der Waals surface area contributed by atoms with E-state index in [9.17, 15) is 0 Å². The van der Waals surface area contributed by atoms with Crippen molar-refractivity contribution in [1.29, 1.82) is 0 Å². The Morgan fingerprint density at radius 1 is 1.00 bits per heavy atom. The van der Waals surface area contributed by atoms with Gasteiger partial charge < -0.3 is 10.5 Å². The molecule has 0 bridgehead atoms. The third kappa shape index (κ3) is 2.78. The maximum absolute atomic E-state index is 6.23. The second kappa shape index (κ2) is 5.61. The van der Waals surface area contributed by atoms with Crippen molar-refractivity contribution in [3.05, 3.63) is 63.6 Å². The number of methoxy groups -OCH3 is 1. The van der Waals surface area contributed by atoms with Crippen LogP contribution in [0.1, 0.15) is 17.2 Å². The highest BCUT2D eigenvalue weighted by Gasteiger charge is 2.14. The fourth-order valence-electron chi connectivity index (χ4n) is 1.80. The van der Waals surface area contributed by atoms with E-state index < -0.39 is 0 Å². The van der Waals surface area contributed by atoms with E-state index in [0.717, 1.165) is 16.9 Å². The molecule has 0 fully saturated rings. The first-order chi connectivity index (χ1) is 8.61. The van der Waals surface area contributed by atoms with Crippen molar-refractivity contribution in [1.82, 2.24) is 0 Å². The second-order valence-electron chi connectivity index (χ2n) is 3.92. The van der Waals surface area contributed by atoms with Crippen molar-refractivity contribution in [2.24, 2.45) is 5.73 Å². The zero-order chi connectivity index (χ0) is 13.1. The molecular weight excluding hydrogens is 269 g/mol. The van der Waals surface area contributed by atoms with E-state index in [1.807, 2.05) is 36.4 Å². The van der Waals surface area contributed by atoms with E-state index in [1.165, 1.54) is 0 Å². The largest absolute Gasteiger partial charge is 0.496 e. The lowest BCUT2D eigenvalue weighted by atomic mass is 9.99. The first-order valence-electron chi connectivity index (χ1n) is 5.46. The fourth-order valence-corrected chi connectivity index (χ4v) is 2.10. The lowest BCUT2D eigenvalue weighted by Gasteiger charge is -2.16. The van der Waals surface area contributed by atoms with Crippen molar-refractivity contribution in [2.45, 2.75) is 6.04 Å². The first kappa shape index (κ1) is 13.2. The summed E-state index contributed by atoms with van der Waals surface area (Å²) in [5.41, 5.74) is 8.04. The molecule has 0 saturated carbocycles. The molecule has 1 unspecified atom stereocenters. The Balaban J connectivity index is 2.41. The highest BCUT2D eigenvalue weighted by Crippen LogP contribution is 2.31. The number of halogens is 2. The molecule has 0 aliphatic carbocycles. The van der Waals surface area contributed by atoms with Crippen LogP contribution in [0.4, 0.5) is 0 Å². The van der Waals surface area contributed by atoms with E-state index >= 15 is 0 Å². The van der Waals surface area contributed by atoms with Gasteiger partial charge in [-0.2, -0.15) is 0 Å². The molecule has 0 saturated heterocycles. The van der Waals surface area contributed by atoms with Crippen molar-refractivity contribution in [3.63, 3.8) is 0 Å². The summed E-state index contributed by atoms with van der Waals surface area (Å²) in [5.74, 6) is 0.724. The zero-order valence-electron chi connectivity index (χ0n) is 9.86. The molecular formula is C14H13Cl2NO. The highest BCUT2D eigenvalue weighted by atomic mass is 35.5.